The number of likely N-dealkylation sites (tertiary alicyclic amines) is 1. The van der Waals surface area contributed by atoms with E-state index >= 15 is 0 Å². The summed E-state index contributed by atoms with van der Waals surface area (Å²) in [6.45, 7) is 6.00. The number of aromatic nitrogens is 3. The van der Waals surface area contributed by atoms with Gasteiger partial charge in [-0.2, -0.15) is 0 Å². The number of benzene rings is 1. The van der Waals surface area contributed by atoms with Gasteiger partial charge in [0.15, 0.2) is 0 Å². The second kappa shape index (κ2) is 9.73. The van der Waals surface area contributed by atoms with Gasteiger partial charge < -0.3 is 14.5 Å². The molecule has 1 aromatic carbocycles. The summed E-state index contributed by atoms with van der Waals surface area (Å²) in [6, 6.07) is 15.0. The Hall–Kier alpha value is -3.22. The Morgan fingerprint density at radius 3 is 2.61 bits per heavy atom. The third-order valence-electron chi connectivity index (χ3n) is 6.35. The summed E-state index contributed by atoms with van der Waals surface area (Å²) in [7, 11) is 1.62. The molecular formula is C27H30N4O2. The van der Waals surface area contributed by atoms with Gasteiger partial charge in [-0.3, -0.25) is 4.90 Å². The van der Waals surface area contributed by atoms with E-state index in [0.717, 1.165) is 54.0 Å². The van der Waals surface area contributed by atoms with Crippen LogP contribution in [-0.4, -0.2) is 52.8 Å². The molecule has 5 rings (SSSR count). The lowest BCUT2D eigenvalue weighted by molar-refractivity contribution is 0.00363. The molecule has 4 heterocycles. The van der Waals surface area contributed by atoms with E-state index in [0.29, 0.717) is 12.0 Å². The largest absolute Gasteiger partial charge is 0.481 e. The minimum absolute atomic E-state index is 0.372. The maximum Gasteiger partial charge on any atom is 0.212 e. The van der Waals surface area contributed by atoms with Gasteiger partial charge in [0.2, 0.25) is 5.88 Å². The molecule has 6 heteroatoms. The molecule has 0 radical (unpaired) electrons. The molecular weight excluding hydrogens is 412 g/mol. The third-order valence-corrected chi connectivity index (χ3v) is 6.35. The fourth-order valence-corrected chi connectivity index (χ4v) is 4.65. The first-order valence-corrected chi connectivity index (χ1v) is 11.6. The molecule has 1 aliphatic rings. The highest BCUT2D eigenvalue weighted by molar-refractivity contribution is 5.95. The number of hydrogen-bond acceptors (Lipinski definition) is 5. The Bertz CT molecular complexity index is 1200. The number of pyridine rings is 2. The molecule has 0 aliphatic carbocycles. The maximum absolute atomic E-state index is 5.85. The average Bonchev–Trinajstić information content (AvgIpc) is 3.28. The lowest BCUT2D eigenvalue weighted by Crippen LogP contribution is -2.39. The second-order valence-corrected chi connectivity index (χ2v) is 8.56. The zero-order chi connectivity index (χ0) is 22.6. The monoisotopic (exact) mass is 442 g/mol. The van der Waals surface area contributed by atoms with E-state index in [-0.39, 0.29) is 0 Å². The van der Waals surface area contributed by atoms with Gasteiger partial charge in [0.25, 0.3) is 0 Å². The summed E-state index contributed by atoms with van der Waals surface area (Å²) in [5.74, 6) is 0.607. The number of aromatic amines is 1. The van der Waals surface area contributed by atoms with Gasteiger partial charge in [0.05, 0.1) is 13.2 Å². The summed E-state index contributed by atoms with van der Waals surface area (Å²) in [6.07, 6.45) is 8.50. The first kappa shape index (κ1) is 21.6. The number of piperidine rings is 1. The van der Waals surface area contributed by atoms with Gasteiger partial charge in [0.1, 0.15) is 5.65 Å². The van der Waals surface area contributed by atoms with Crippen LogP contribution in [-0.2, 0) is 11.3 Å². The minimum atomic E-state index is 0.372. The van der Waals surface area contributed by atoms with Crippen molar-refractivity contribution in [3.05, 3.63) is 66.6 Å². The van der Waals surface area contributed by atoms with Crippen LogP contribution in [0, 0.1) is 0 Å². The normalized spacial score (nSPS) is 16.8. The average molecular weight is 443 g/mol. The van der Waals surface area contributed by atoms with Crippen LogP contribution in [0.4, 0.5) is 0 Å². The number of fused-ring (bicyclic) bond motifs is 1. The van der Waals surface area contributed by atoms with Gasteiger partial charge in [-0.1, -0.05) is 24.3 Å². The Morgan fingerprint density at radius 2 is 1.85 bits per heavy atom. The predicted octanol–water partition coefficient (Wildman–Crippen LogP) is 5.30. The zero-order valence-electron chi connectivity index (χ0n) is 19.3. The van der Waals surface area contributed by atoms with Gasteiger partial charge in [0, 0.05) is 66.4 Å². The standard InChI is InChI=1S/C27H30N4O2/c1-3-33-23-5-4-12-31(18-23)17-19-6-8-20(9-7-19)22-13-24-25(16-30-27(24)29-15-22)21-10-11-26(32-2)28-14-21/h6-11,13-16,23H,3-5,12,17-18H2,1-2H3,(H,29,30). The SMILES string of the molecule is CCOC1CCCN(Cc2ccc(-c3cnc4[nH]cc(-c5ccc(OC)nc5)c4c3)cc2)C1. The number of ether oxygens (including phenoxy) is 2. The molecule has 1 atom stereocenters. The van der Waals surface area contributed by atoms with Crippen molar-refractivity contribution in [3.8, 4) is 28.1 Å². The predicted molar refractivity (Wildman–Crippen MR) is 131 cm³/mol. The van der Waals surface area contributed by atoms with Crippen molar-refractivity contribution in [2.75, 3.05) is 26.8 Å². The van der Waals surface area contributed by atoms with Crippen molar-refractivity contribution in [1.29, 1.82) is 0 Å². The number of methoxy groups -OCH3 is 1. The van der Waals surface area contributed by atoms with Gasteiger partial charge in [-0.25, -0.2) is 9.97 Å². The van der Waals surface area contributed by atoms with E-state index in [1.54, 1.807) is 7.11 Å². The summed E-state index contributed by atoms with van der Waals surface area (Å²) in [5.41, 5.74) is 6.58. The van der Waals surface area contributed by atoms with Gasteiger partial charge >= 0.3 is 0 Å². The van der Waals surface area contributed by atoms with E-state index in [2.05, 4.69) is 57.1 Å². The number of rotatable bonds is 7. The van der Waals surface area contributed by atoms with Crippen LogP contribution in [0.3, 0.4) is 0 Å². The fraction of sp³-hybridized carbons (Fsp3) is 0.333. The first-order chi connectivity index (χ1) is 16.2. The molecule has 1 aliphatic heterocycles. The van der Waals surface area contributed by atoms with Crippen LogP contribution >= 0.6 is 0 Å². The molecule has 1 fully saturated rings. The molecule has 0 bridgehead atoms. The summed E-state index contributed by atoms with van der Waals surface area (Å²) >= 11 is 0. The highest BCUT2D eigenvalue weighted by atomic mass is 16.5. The fourth-order valence-electron chi connectivity index (χ4n) is 4.65. The van der Waals surface area contributed by atoms with Gasteiger partial charge in [-0.05, 0) is 49.6 Å². The Kier molecular flexibility index (Phi) is 6.37. The second-order valence-electron chi connectivity index (χ2n) is 8.56. The third kappa shape index (κ3) is 4.77. The quantitative estimate of drug-likeness (QED) is 0.421. The van der Waals surface area contributed by atoms with Crippen molar-refractivity contribution in [2.45, 2.75) is 32.4 Å². The molecule has 3 aromatic heterocycles. The van der Waals surface area contributed by atoms with Crippen molar-refractivity contribution in [1.82, 2.24) is 19.9 Å². The number of H-pyrrole nitrogens is 1. The minimum Gasteiger partial charge on any atom is -0.481 e. The summed E-state index contributed by atoms with van der Waals surface area (Å²) in [5, 5.41) is 1.08. The van der Waals surface area contributed by atoms with Crippen LogP contribution in [0.1, 0.15) is 25.3 Å². The maximum atomic E-state index is 5.85. The Balaban J connectivity index is 1.34. The first-order valence-electron chi connectivity index (χ1n) is 11.6. The zero-order valence-corrected chi connectivity index (χ0v) is 19.3. The summed E-state index contributed by atoms with van der Waals surface area (Å²) in [4.78, 5) is 14.8. The number of nitrogens with zero attached hydrogens (tertiary/aromatic N) is 3. The van der Waals surface area contributed by atoms with Crippen LogP contribution in [0.5, 0.6) is 5.88 Å². The molecule has 0 amide bonds. The van der Waals surface area contributed by atoms with Gasteiger partial charge in [-0.15, -0.1) is 0 Å². The molecule has 6 nitrogen and oxygen atoms in total. The highest BCUT2D eigenvalue weighted by Gasteiger charge is 2.20. The molecule has 0 spiro atoms. The topological polar surface area (TPSA) is 63.3 Å². The van der Waals surface area contributed by atoms with E-state index in [9.17, 15) is 0 Å². The molecule has 1 N–H and O–H groups in total. The molecule has 170 valence electrons. The lowest BCUT2D eigenvalue weighted by atomic mass is 10.0. The van der Waals surface area contributed by atoms with Crippen LogP contribution in [0.25, 0.3) is 33.3 Å². The molecule has 33 heavy (non-hydrogen) atoms. The van der Waals surface area contributed by atoms with E-state index in [4.69, 9.17) is 9.47 Å². The van der Waals surface area contributed by atoms with Crippen molar-refractivity contribution in [3.63, 3.8) is 0 Å². The van der Waals surface area contributed by atoms with E-state index < -0.39 is 0 Å². The molecule has 1 unspecified atom stereocenters. The lowest BCUT2D eigenvalue weighted by Gasteiger charge is -2.32. The van der Waals surface area contributed by atoms with Crippen LogP contribution in [0.2, 0.25) is 0 Å². The van der Waals surface area contributed by atoms with Crippen LogP contribution in [0.15, 0.2) is 61.1 Å². The van der Waals surface area contributed by atoms with Crippen molar-refractivity contribution >= 4 is 11.0 Å². The Morgan fingerprint density at radius 1 is 1.03 bits per heavy atom. The number of hydrogen-bond donors (Lipinski definition) is 1. The summed E-state index contributed by atoms with van der Waals surface area (Å²) < 4.78 is 11.0. The molecule has 4 aromatic rings. The number of nitrogens with one attached hydrogen (secondary N) is 1. The smallest absolute Gasteiger partial charge is 0.212 e. The highest BCUT2D eigenvalue weighted by Crippen LogP contribution is 2.31. The van der Waals surface area contributed by atoms with Crippen molar-refractivity contribution in [2.24, 2.45) is 0 Å². The molecule has 0 saturated carbocycles. The van der Waals surface area contributed by atoms with Crippen LogP contribution < -0.4 is 4.74 Å². The molecule has 1 saturated heterocycles. The Labute approximate surface area is 194 Å². The van der Waals surface area contributed by atoms with E-state index in [1.807, 2.05) is 30.7 Å². The van der Waals surface area contributed by atoms with E-state index in [1.165, 1.54) is 24.0 Å². The van der Waals surface area contributed by atoms with Crippen molar-refractivity contribution < 1.29 is 9.47 Å².